The van der Waals surface area contributed by atoms with E-state index in [1.54, 1.807) is 6.20 Å². The SMILES string of the molecule is Cc1ccc(C(=O)N(C)C2CCC(c3ccccc3)CC2)cn1. The molecule has 3 heteroatoms. The van der Waals surface area contributed by atoms with E-state index >= 15 is 0 Å². The Bertz CT molecular complexity index is 643. The molecule has 0 aliphatic heterocycles. The van der Waals surface area contributed by atoms with Crippen molar-refractivity contribution in [2.45, 2.75) is 44.6 Å². The van der Waals surface area contributed by atoms with Gasteiger partial charge in [0.2, 0.25) is 0 Å². The maximum atomic E-state index is 12.6. The summed E-state index contributed by atoms with van der Waals surface area (Å²) >= 11 is 0. The van der Waals surface area contributed by atoms with Crippen molar-refractivity contribution in [3.63, 3.8) is 0 Å². The van der Waals surface area contributed by atoms with E-state index in [1.807, 2.05) is 31.0 Å². The van der Waals surface area contributed by atoms with Crippen molar-refractivity contribution < 1.29 is 4.79 Å². The normalized spacial score (nSPS) is 21.0. The standard InChI is InChI=1S/C20H24N2O/c1-15-8-9-18(14-21-15)20(23)22(2)19-12-10-17(11-13-19)16-6-4-3-5-7-16/h3-9,14,17,19H,10-13H2,1-2H3. The van der Waals surface area contributed by atoms with Crippen molar-refractivity contribution in [3.05, 3.63) is 65.5 Å². The van der Waals surface area contributed by atoms with E-state index in [1.165, 1.54) is 5.56 Å². The molecular weight excluding hydrogens is 284 g/mol. The molecule has 0 unspecified atom stereocenters. The number of carbonyl (C=O) groups excluding carboxylic acids is 1. The van der Waals surface area contributed by atoms with Crippen molar-refractivity contribution in [3.8, 4) is 0 Å². The van der Waals surface area contributed by atoms with E-state index in [-0.39, 0.29) is 5.91 Å². The highest BCUT2D eigenvalue weighted by Crippen LogP contribution is 2.34. The third kappa shape index (κ3) is 3.61. The topological polar surface area (TPSA) is 33.2 Å². The van der Waals surface area contributed by atoms with Crippen LogP contribution in [0.3, 0.4) is 0 Å². The van der Waals surface area contributed by atoms with Crippen LogP contribution in [0.5, 0.6) is 0 Å². The zero-order valence-electron chi connectivity index (χ0n) is 13.9. The van der Waals surface area contributed by atoms with Crippen LogP contribution in [0, 0.1) is 6.92 Å². The van der Waals surface area contributed by atoms with E-state index in [9.17, 15) is 4.79 Å². The summed E-state index contributed by atoms with van der Waals surface area (Å²) in [7, 11) is 1.93. The van der Waals surface area contributed by atoms with E-state index in [0.717, 1.165) is 31.4 Å². The number of aryl methyl sites for hydroxylation is 1. The van der Waals surface area contributed by atoms with Crippen LogP contribution < -0.4 is 0 Å². The van der Waals surface area contributed by atoms with Crippen molar-refractivity contribution >= 4 is 5.91 Å². The lowest BCUT2D eigenvalue weighted by molar-refractivity contribution is 0.0689. The zero-order chi connectivity index (χ0) is 16.2. The number of rotatable bonds is 3. The summed E-state index contributed by atoms with van der Waals surface area (Å²) < 4.78 is 0. The fourth-order valence-corrected chi connectivity index (χ4v) is 3.49. The van der Waals surface area contributed by atoms with Crippen LogP contribution in [-0.2, 0) is 0 Å². The van der Waals surface area contributed by atoms with Gasteiger partial charge in [-0.25, -0.2) is 0 Å². The Morgan fingerprint density at radius 1 is 1.04 bits per heavy atom. The van der Waals surface area contributed by atoms with Crippen LogP contribution in [0.1, 0.15) is 53.2 Å². The van der Waals surface area contributed by atoms with Gasteiger partial charge in [0.25, 0.3) is 5.91 Å². The fraction of sp³-hybridized carbons (Fsp3) is 0.400. The number of hydrogen-bond acceptors (Lipinski definition) is 2. The Balaban J connectivity index is 1.60. The molecule has 0 saturated heterocycles. The van der Waals surface area contributed by atoms with E-state index in [0.29, 0.717) is 17.5 Å². The van der Waals surface area contributed by atoms with Gasteiger partial charge in [-0.15, -0.1) is 0 Å². The first-order valence-corrected chi connectivity index (χ1v) is 8.40. The van der Waals surface area contributed by atoms with Crippen LogP contribution in [0.4, 0.5) is 0 Å². The highest BCUT2D eigenvalue weighted by Gasteiger charge is 2.27. The maximum Gasteiger partial charge on any atom is 0.255 e. The molecule has 0 atom stereocenters. The van der Waals surface area contributed by atoms with Crippen molar-refractivity contribution in [2.24, 2.45) is 0 Å². The molecule has 1 aliphatic carbocycles. The van der Waals surface area contributed by atoms with Gasteiger partial charge < -0.3 is 4.90 Å². The van der Waals surface area contributed by atoms with Gasteiger partial charge in [0, 0.05) is 25.0 Å². The first-order chi connectivity index (χ1) is 11.1. The van der Waals surface area contributed by atoms with E-state index in [4.69, 9.17) is 0 Å². The Hall–Kier alpha value is -2.16. The number of aromatic nitrogens is 1. The molecule has 1 aromatic heterocycles. The molecule has 1 fully saturated rings. The lowest BCUT2D eigenvalue weighted by Gasteiger charge is -2.35. The highest BCUT2D eigenvalue weighted by atomic mass is 16.2. The van der Waals surface area contributed by atoms with Gasteiger partial charge in [-0.05, 0) is 56.2 Å². The quantitative estimate of drug-likeness (QED) is 0.852. The number of benzene rings is 1. The third-order valence-electron chi connectivity index (χ3n) is 4.99. The first-order valence-electron chi connectivity index (χ1n) is 8.40. The van der Waals surface area contributed by atoms with Gasteiger partial charge in [-0.2, -0.15) is 0 Å². The third-order valence-corrected chi connectivity index (χ3v) is 4.99. The number of nitrogens with zero attached hydrogens (tertiary/aromatic N) is 2. The lowest BCUT2D eigenvalue weighted by atomic mass is 9.81. The second-order valence-electron chi connectivity index (χ2n) is 6.52. The summed E-state index contributed by atoms with van der Waals surface area (Å²) in [4.78, 5) is 18.7. The molecule has 1 heterocycles. The molecule has 3 rings (SSSR count). The maximum absolute atomic E-state index is 12.6. The predicted molar refractivity (Wildman–Crippen MR) is 92.5 cm³/mol. The van der Waals surface area contributed by atoms with Crippen LogP contribution in [-0.4, -0.2) is 28.9 Å². The molecule has 1 saturated carbocycles. The smallest absolute Gasteiger partial charge is 0.255 e. The van der Waals surface area contributed by atoms with Gasteiger partial charge in [0.15, 0.2) is 0 Å². The average molecular weight is 308 g/mol. The minimum Gasteiger partial charge on any atom is -0.339 e. The lowest BCUT2D eigenvalue weighted by Crippen LogP contribution is -2.39. The summed E-state index contributed by atoms with van der Waals surface area (Å²) in [5.74, 6) is 0.720. The van der Waals surface area contributed by atoms with Crippen LogP contribution >= 0.6 is 0 Å². The van der Waals surface area contributed by atoms with Crippen LogP contribution in [0.2, 0.25) is 0 Å². The zero-order valence-corrected chi connectivity index (χ0v) is 13.9. The highest BCUT2D eigenvalue weighted by molar-refractivity contribution is 5.93. The van der Waals surface area contributed by atoms with Crippen molar-refractivity contribution in [2.75, 3.05) is 7.05 Å². The van der Waals surface area contributed by atoms with E-state index in [2.05, 4.69) is 35.3 Å². The minimum atomic E-state index is 0.0839. The molecule has 120 valence electrons. The fourth-order valence-electron chi connectivity index (χ4n) is 3.49. The Morgan fingerprint density at radius 2 is 1.74 bits per heavy atom. The van der Waals surface area contributed by atoms with Crippen molar-refractivity contribution in [1.29, 1.82) is 0 Å². The molecule has 0 bridgehead atoms. The minimum absolute atomic E-state index is 0.0839. The second-order valence-corrected chi connectivity index (χ2v) is 6.52. The van der Waals surface area contributed by atoms with Gasteiger partial charge >= 0.3 is 0 Å². The molecule has 1 amide bonds. The molecule has 3 nitrogen and oxygen atoms in total. The molecule has 1 aliphatic rings. The number of hydrogen-bond donors (Lipinski definition) is 0. The Kier molecular flexibility index (Phi) is 4.75. The first kappa shape index (κ1) is 15.7. The summed E-state index contributed by atoms with van der Waals surface area (Å²) in [6.07, 6.45) is 6.13. The summed E-state index contributed by atoms with van der Waals surface area (Å²) in [5, 5.41) is 0. The van der Waals surface area contributed by atoms with E-state index < -0.39 is 0 Å². The predicted octanol–water partition coefficient (Wildman–Crippen LogP) is 4.19. The molecule has 2 aromatic rings. The molecule has 1 aromatic carbocycles. The Labute approximate surface area is 138 Å². The molecule has 0 N–H and O–H groups in total. The molecular formula is C20H24N2O. The van der Waals surface area contributed by atoms with Crippen LogP contribution in [0.15, 0.2) is 48.7 Å². The number of amides is 1. The van der Waals surface area contributed by atoms with Gasteiger partial charge in [0.05, 0.1) is 5.56 Å². The van der Waals surface area contributed by atoms with Gasteiger partial charge in [-0.1, -0.05) is 30.3 Å². The largest absolute Gasteiger partial charge is 0.339 e. The second kappa shape index (κ2) is 6.95. The molecule has 23 heavy (non-hydrogen) atoms. The molecule has 0 spiro atoms. The van der Waals surface area contributed by atoms with Crippen LogP contribution in [0.25, 0.3) is 0 Å². The number of carbonyl (C=O) groups is 1. The van der Waals surface area contributed by atoms with Gasteiger partial charge in [-0.3, -0.25) is 9.78 Å². The summed E-state index contributed by atoms with van der Waals surface area (Å²) in [6, 6.07) is 14.8. The van der Waals surface area contributed by atoms with Gasteiger partial charge in [0.1, 0.15) is 0 Å². The Morgan fingerprint density at radius 3 is 2.35 bits per heavy atom. The average Bonchev–Trinajstić information content (AvgIpc) is 2.62. The van der Waals surface area contributed by atoms with Crippen molar-refractivity contribution in [1.82, 2.24) is 9.88 Å². The summed E-state index contributed by atoms with van der Waals surface area (Å²) in [5.41, 5.74) is 3.05. The molecule has 0 radical (unpaired) electrons. The summed E-state index contributed by atoms with van der Waals surface area (Å²) in [6.45, 7) is 1.93. The number of pyridine rings is 1. The monoisotopic (exact) mass is 308 g/mol.